The Labute approximate surface area is 365 Å². The van der Waals surface area contributed by atoms with Gasteiger partial charge in [-0.2, -0.15) is 0 Å². The van der Waals surface area contributed by atoms with E-state index < -0.39 is 7.40 Å². The molecule has 1 aromatic heterocycles. The van der Waals surface area contributed by atoms with Gasteiger partial charge in [0.2, 0.25) is 0 Å². The number of allylic oxidation sites excluding steroid dienone is 2. The smallest absolute Gasteiger partial charge is 0.497 e. The first kappa shape index (κ1) is 42.0. The lowest BCUT2D eigenvalue weighted by Gasteiger charge is -2.21. The number of benzene rings is 6. The molecule has 7 aromatic rings. The number of ether oxygens (including phenoxy) is 2. The van der Waals surface area contributed by atoms with Gasteiger partial charge in [0.1, 0.15) is 11.5 Å². The van der Waals surface area contributed by atoms with Gasteiger partial charge in [0.15, 0.2) is 0 Å². The highest BCUT2D eigenvalue weighted by Crippen LogP contribution is 2.46. The molecular formula is C55H51BF2N2O2. The van der Waals surface area contributed by atoms with Crippen LogP contribution in [0.4, 0.5) is 8.63 Å². The molecule has 310 valence electrons. The predicted molar refractivity (Wildman–Crippen MR) is 254 cm³/mol. The number of rotatable bonds is 10. The Kier molecular flexibility index (Phi) is 11.5. The maximum absolute atomic E-state index is 16.4. The highest BCUT2D eigenvalue weighted by atomic mass is 19.2. The molecule has 7 heteroatoms. The second-order valence-corrected chi connectivity index (χ2v) is 17.8. The summed E-state index contributed by atoms with van der Waals surface area (Å²) in [5, 5.41) is 0. The number of hydrogen-bond donors (Lipinski definition) is 0. The molecule has 0 N–H and O–H groups in total. The lowest BCUT2D eigenvalue weighted by atomic mass is 9.85. The molecule has 2 heterocycles. The molecule has 0 saturated carbocycles. The van der Waals surface area contributed by atoms with Crippen molar-refractivity contribution in [1.29, 1.82) is 0 Å². The van der Waals surface area contributed by atoms with Gasteiger partial charge in [-0.25, -0.2) is 4.99 Å². The van der Waals surface area contributed by atoms with Crippen LogP contribution in [0.3, 0.4) is 0 Å². The van der Waals surface area contributed by atoms with Crippen molar-refractivity contribution in [2.75, 3.05) is 14.2 Å². The van der Waals surface area contributed by atoms with E-state index in [1.807, 2.05) is 109 Å². The van der Waals surface area contributed by atoms with Gasteiger partial charge in [-0.15, -0.1) is 0 Å². The van der Waals surface area contributed by atoms with Crippen molar-refractivity contribution >= 4 is 24.3 Å². The van der Waals surface area contributed by atoms with Crippen LogP contribution in [0.15, 0.2) is 174 Å². The van der Waals surface area contributed by atoms with Gasteiger partial charge in [0, 0.05) is 28.0 Å². The maximum Gasteiger partial charge on any atom is 0.678 e. The van der Waals surface area contributed by atoms with Gasteiger partial charge in [-0.05, 0) is 104 Å². The molecule has 0 aliphatic carbocycles. The summed E-state index contributed by atoms with van der Waals surface area (Å²) in [4.78, 5) is 5.42. The van der Waals surface area contributed by atoms with Gasteiger partial charge in [-0.3, -0.25) is 8.63 Å². The van der Waals surface area contributed by atoms with Crippen LogP contribution in [0.2, 0.25) is 0 Å². The van der Waals surface area contributed by atoms with E-state index in [4.69, 9.17) is 14.5 Å². The summed E-state index contributed by atoms with van der Waals surface area (Å²) < 4.78 is 45.1. The number of nitrogens with zero attached hydrogens (tertiary/aromatic N) is 2. The van der Waals surface area contributed by atoms with Crippen molar-refractivity contribution < 1.29 is 18.1 Å². The Bertz CT molecular complexity index is 2790. The fourth-order valence-corrected chi connectivity index (χ4v) is 8.07. The van der Waals surface area contributed by atoms with Crippen molar-refractivity contribution in [3.8, 4) is 45.0 Å². The molecule has 0 spiro atoms. The molecule has 0 saturated heterocycles. The molecule has 0 unspecified atom stereocenters. The Hall–Kier alpha value is -6.73. The third-order valence-electron chi connectivity index (χ3n) is 11.6. The van der Waals surface area contributed by atoms with Crippen LogP contribution in [-0.2, 0) is 10.8 Å². The average Bonchev–Trinajstić information content (AvgIpc) is 3.90. The molecule has 0 atom stereocenters. The summed E-state index contributed by atoms with van der Waals surface area (Å²) in [6.07, 6.45) is 2.05. The monoisotopic (exact) mass is 820 g/mol. The van der Waals surface area contributed by atoms with E-state index in [0.717, 1.165) is 55.8 Å². The summed E-state index contributed by atoms with van der Waals surface area (Å²) in [6.45, 7) is 13.0. The minimum absolute atomic E-state index is 0.0989. The second-order valence-electron chi connectivity index (χ2n) is 17.8. The molecule has 8 rings (SSSR count). The van der Waals surface area contributed by atoms with Gasteiger partial charge in [-0.1, -0.05) is 157 Å². The molecule has 0 bridgehead atoms. The average molecular weight is 821 g/mol. The number of aromatic nitrogens is 1. The first-order valence-electron chi connectivity index (χ1n) is 21.0. The standard InChI is InChI=1S/C55H51BF2N2O2/c1-54(2,3)43-26-18-39(19-27-43)48-35-50(41-20-28-44(29-21-41)55(4,5)6)60(56(57)58)53(48)51(42-16-14-37(15-17-42)36-12-10-9-11-13-36)52-47(38-22-30-45(61-7)31-23-38)34-49(59-52)40-24-32-46(62-8)33-25-40/h9-35H,1-8H3/b52-51-. The van der Waals surface area contributed by atoms with E-state index >= 15 is 8.63 Å². The fraction of sp³-hybridized carbons (Fsp3) is 0.182. The topological polar surface area (TPSA) is 35.8 Å². The largest absolute Gasteiger partial charge is 0.678 e. The quantitative estimate of drug-likeness (QED) is 0.129. The normalized spacial score (nSPS) is 13.7. The van der Waals surface area contributed by atoms with E-state index in [2.05, 4.69) is 96.1 Å². The van der Waals surface area contributed by atoms with E-state index in [1.165, 1.54) is 4.48 Å². The summed E-state index contributed by atoms with van der Waals surface area (Å²) in [7, 11) is 0.378. The van der Waals surface area contributed by atoms with E-state index in [9.17, 15) is 0 Å². The van der Waals surface area contributed by atoms with Crippen LogP contribution in [-0.4, -0.2) is 31.8 Å². The zero-order chi connectivity index (χ0) is 43.8. The predicted octanol–water partition coefficient (Wildman–Crippen LogP) is 14.2. The molecule has 1 aliphatic rings. The Morgan fingerprint density at radius 3 is 1.50 bits per heavy atom. The molecule has 1 aliphatic heterocycles. The van der Waals surface area contributed by atoms with Crippen molar-refractivity contribution in [3.05, 3.63) is 203 Å². The van der Waals surface area contributed by atoms with Crippen LogP contribution in [0.5, 0.6) is 11.5 Å². The van der Waals surface area contributed by atoms with Gasteiger partial charge in [0.05, 0.1) is 31.3 Å². The maximum atomic E-state index is 16.4. The SMILES string of the molecule is COc1ccc(C2=CC(c3ccc(OC)cc3)=N/C2=C(/c2ccc(-c3ccccc3)cc2)c2c(-c3ccc(C(C)(C)C)cc3)cc(-c3ccc(C(C)(C)C)cc3)n2B(F)F)cc1. The lowest BCUT2D eigenvalue weighted by Crippen LogP contribution is -2.18. The Balaban J connectivity index is 1.48. The third kappa shape index (κ3) is 8.45. The summed E-state index contributed by atoms with van der Waals surface area (Å²) in [6, 6.07) is 52.2. The van der Waals surface area contributed by atoms with Crippen LogP contribution in [0.1, 0.15) is 75.1 Å². The first-order chi connectivity index (χ1) is 29.7. The van der Waals surface area contributed by atoms with Crippen LogP contribution < -0.4 is 9.47 Å². The Morgan fingerprint density at radius 1 is 0.532 bits per heavy atom. The van der Waals surface area contributed by atoms with Gasteiger partial charge < -0.3 is 14.0 Å². The van der Waals surface area contributed by atoms with Crippen LogP contribution in [0, 0.1) is 0 Å². The molecular weight excluding hydrogens is 769 g/mol. The lowest BCUT2D eigenvalue weighted by molar-refractivity contribution is 0.414. The molecule has 4 nitrogen and oxygen atoms in total. The molecule has 0 amide bonds. The van der Waals surface area contributed by atoms with Gasteiger partial charge >= 0.3 is 7.40 Å². The molecule has 62 heavy (non-hydrogen) atoms. The number of aliphatic imine (C=N–C) groups is 1. The Morgan fingerprint density at radius 2 is 1.00 bits per heavy atom. The van der Waals surface area contributed by atoms with E-state index in [1.54, 1.807) is 14.2 Å². The fourth-order valence-electron chi connectivity index (χ4n) is 8.07. The number of halogens is 2. The summed E-state index contributed by atoms with van der Waals surface area (Å²) >= 11 is 0. The van der Waals surface area contributed by atoms with Crippen molar-refractivity contribution in [2.24, 2.45) is 4.99 Å². The second kappa shape index (κ2) is 17.0. The highest BCUT2D eigenvalue weighted by Gasteiger charge is 2.34. The minimum atomic E-state index is -2.90. The highest BCUT2D eigenvalue weighted by molar-refractivity contribution is 6.42. The van der Waals surface area contributed by atoms with Crippen molar-refractivity contribution in [2.45, 2.75) is 52.4 Å². The van der Waals surface area contributed by atoms with E-state index in [0.29, 0.717) is 45.2 Å². The van der Waals surface area contributed by atoms with Crippen LogP contribution in [0.25, 0.3) is 44.7 Å². The third-order valence-corrected chi connectivity index (χ3v) is 11.6. The summed E-state index contributed by atoms with van der Waals surface area (Å²) in [5.41, 5.74) is 12.3. The minimum Gasteiger partial charge on any atom is -0.497 e. The molecule has 0 radical (unpaired) electrons. The van der Waals surface area contributed by atoms with Crippen molar-refractivity contribution in [3.63, 3.8) is 0 Å². The number of methoxy groups -OCH3 is 2. The van der Waals surface area contributed by atoms with Crippen molar-refractivity contribution in [1.82, 2.24) is 4.48 Å². The number of hydrogen-bond acceptors (Lipinski definition) is 3. The zero-order valence-electron chi connectivity index (χ0n) is 36.6. The molecule has 0 fully saturated rings. The van der Waals surface area contributed by atoms with E-state index in [-0.39, 0.29) is 10.8 Å². The molecule has 6 aromatic carbocycles. The zero-order valence-corrected chi connectivity index (χ0v) is 36.6. The summed E-state index contributed by atoms with van der Waals surface area (Å²) in [5.74, 6) is 1.43. The first-order valence-corrected chi connectivity index (χ1v) is 21.0. The van der Waals surface area contributed by atoms with Gasteiger partial charge in [0.25, 0.3) is 0 Å². The van der Waals surface area contributed by atoms with Crippen LogP contribution >= 0.6 is 0 Å².